The zero-order valence-corrected chi connectivity index (χ0v) is 9.72. The molecule has 0 fully saturated rings. The third kappa shape index (κ3) is 2.82. The molecule has 7 heteroatoms. The van der Waals surface area contributed by atoms with E-state index in [1.807, 2.05) is 0 Å². The summed E-state index contributed by atoms with van der Waals surface area (Å²) in [5.74, 6) is 0.101. The molecule has 13 heavy (non-hydrogen) atoms. The van der Waals surface area contributed by atoms with Crippen molar-refractivity contribution in [2.24, 2.45) is 0 Å². The van der Waals surface area contributed by atoms with Crippen molar-refractivity contribution in [2.75, 3.05) is 18.1 Å². The number of aromatic nitrogens is 1. The monoisotopic (exact) mass is 242 g/mol. The molecule has 0 aliphatic carbocycles. The minimum atomic E-state index is -3.12. The first kappa shape index (κ1) is 12.7. The first-order valence-electron chi connectivity index (χ1n) is 3.46. The molecule has 0 aromatic carbocycles. The molecule has 0 unspecified atom stereocenters. The number of sulfone groups is 1. The lowest BCUT2D eigenvalue weighted by Gasteiger charge is -1.92. The average Bonchev–Trinajstić information content (AvgIpc) is 2.52. The molecule has 1 heterocycles. The lowest BCUT2D eigenvalue weighted by Crippen LogP contribution is -2.02. The smallest absolute Gasteiger partial charge is 0.211 e. The van der Waals surface area contributed by atoms with Crippen molar-refractivity contribution in [3.8, 4) is 0 Å². The molecule has 0 saturated carbocycles. The highest BCUT2D eigenvalue weighted by molar-refractivity contribution is 7.93. The maximum atomic E-state index is 11.3. The van der Waals surface area contributed by atoms with Gasteiger partial charge in [0.2, 0.25) is 14.2 Å². The van der Waals surface area contributed by atoms with E-state index < -0.39 is 9.84 Å². The van der Waals surface area contributed by atoms with Crippen LogP contribution in [0.4, 0.5) is 5.00 Å². The number of anilines is 1. The van der Waals surface area contributed by atoms with Gasteiger partial charge in [0.25, 0.3) is 0 Å². The fourth-order valence-corrected chi connectivity index (χ4v) is 2.73. The van der Waals surface area contributed by atoms with E-state index in [1.54, 1.807) is 14.0 Å². The number of hydrogen-bond donors (Lipinski definition) is 1. The molecule has 0 radical (unpaired) electrons. The van der Waals surface area contributed by atoms with Gasteiger partial charge in [-0.1, -0.05) is 18.3 Å². The second-order valence-corrected chi connectivity index (χ2v) is 5.63. The Morgan fingerprint density at radius 1 is 1.62 bits per heavy atom. The highest BCUT2D eigenvalue weighted by atomic mass is 35.5. The van der Waals surface area contributed by atoms with E-state index in [2.05, 4.69) is 10.3 Å². The lowest BCUT2D eigenvalue weighted by atomic mass is 10.8. The molecular weight excluding hydrogens is 232 g/mol. The standard InChI is InChI=1S/C6H10N2O2S2.ClH/c1-3-12(9,10)6-8-4-5(7-2)11-6;/h4,7H,3H2,1-2H3;1H. The van der Waals surface area contributed by atoms with Crippen molar-refractivity contribution in [2.45, 2.75) is 11.3 Å². The van der Waals surface area contributed by atoms with Crippen LogP contribution in [0.25, 0.3) is 0 Å². The molecule has 1 N–H and O–H groups in total. The van der Waals surface area contributed by atoms with Crippen LogP contribution < -0.4 is 5.32 Å². The molecule has 0 amide bonds. The molecule has 0 aliphatic rings. The van der Waals surface area contributed by atoms with E-state index >= 15 is 0 Å². The van der Waals surface area contributed by atoms with Crippen molar-refractivity contribution >= 4 is 38.6 Å². The molecule has 1 aromatic rings. The van der Waals surface area contributed by atoms with Crippen LogP contribution in [0.3, 0.4) is 0 Å². The summed E-state index contributed by atoms with van der Waals surface area (Å²) in [6.45, 7) is 1.61. The van der Waals surface area contributed by atoms with Crippen molar-refractivity contribution in [1.82, 2.24) is 4.98 Å². The molecule has 1 aromatic heterocycles. The summed E-state index contributed by atoms with van der Waals surface area (Å²) < 4.78 is 22.7. The summed E-state index contributed by atoms with van der Waals surface area (Å²) in [5, 5.41) is 3.60. The van der Waals surface area contributed by atoms with Gasteiger partial charge in [-0.15, -0.1) is 12.4 Å². The summed E-state index contributed by atoms with van der Waals surface area (Å²) in [6.07, 6.45) is 1.52. The number of hydrogen-bond acceptors (Lipinski definition) is 5. The zero-order valence-electron chi connectivity index (χ0n) is 7.27. The van der Waals surface area contributed by atoms with Crippen molar-refractivity contribution in [3.05, 3.63) is 6.20 Å². The molecule has 76 valence electrons. The quantitative estimate of drug-likeness (QED) is 0.871. The molecule has 0 saturated heterocycles. The zero-order chi connectivity index (χ0) is 9.19. The number of rotatable bonds is 3. The van der Waals surface area contributed by atoms with E-state index in [-0.39, 0.29) is 22.5 Å². The highest BCUT2D eigenvalue weighted by Crippen LogP contribution is 2.22. The summed E-state index contributed by atoms with van der Waals surface area (Å²) >= 11 is 1.15. The van der Waals surface area contributed by atoms with Gasteiger partial charge in [0.15, 0.2) is 0 Å². The average molecular weight is 243 g/mol. The predicted molar refractivity (Wildman–Crippen MR) is 56.6 cm³/mol. The Labute approximate surface area is 87.7 Å². The molecule has 1 rings (SSSR count). The predicted octanol–water partition coefficient (Wildman–Crippen LogP) is 1.40. The maximum Gasteiger partial charge on any atom is 0.211 e. The number of nitrogens with one attached hydrogen (secondary N) is 1. The van der Waals surface area contributed by atoms with Gasteiger partial charge in [-0.25, -0.2) is 13.4 Å². The van der Waals surface area contributed by atoms with Crippen LogP contribution >= 0.6 is 23.7 Å². The van der Waals surface area contributed by atoms with Crippen LogP contribution in [-0.4, -0.2) is 26.2 Å². The maximum absolute atomic E-state index is 11.3. The van der Waals surface area contributed by atoms with E-state index in [9.17, 15) is 8.42 Å². The Morgan fingerprint density at radius 3 is 2.62 bits per heavy atom. The van der Waals surface area contributed by atoms with Gasteiger partial charge in [0.05, 0.1) is 11.9 Å². The number of halogens is 1. The Balaban J connectivity index is 0.00000144. The van der Waals surface area contributed by atoms with E-state index in [1.165, 1.54) is 6.20 Å². The van der Waals surface area contributed by atoms with Crippen LogP contribution in [0.5, 0.6) is 0 Å². The van der Waals surface area contributed by atoms with Crippen LogP contribution in [0, 0.1) is 0 Å². The molecule has 0 aliphatic heterocycles. The summed E-state index contributed by atoms with van der Waals surface area (Å²) in [4.78, 5) is 3.80. The number of thiazole rings is 1. The molecule has 0 spiro atoms. The van der Waals surface area contributed by atoms with Crippen LogP contribution in [0.2, 0.25) is 0 Å². The SMILES string of the molecule is CCS(=O)(=O)c1ncc(NC)s1.Cl. The third-order valence-corrected chi connectivity index (χ3v) is 4.60. The van der Waals surface area contributed by atoms with Gasteiger partial charge in [-0.2, -0.15) is 0 Å². The second-order valence-electron chi connectivity index (χ2n) is 2.14. The third-order valence-electron chi connectivity index (χ3n) is 1.38. The molecule has 4 nitrogen and oxygen atoms in total. The van der Waals surface area contributed by atoms with Crippen molar-refractivity contribution in [3.63, 3.8) is 0 Å². The number of nitrogens with zero attached hydrogens (tertiary/aromatic N) is 1. The second kappa shape index (κ2) is 4.78. The summed E-state index contributed by atoms with van der Waals surface area (Å²) in [6, 6.07) is 0. The van der Waals surface area contributed by atoms with E-state index in [4.69, 9.17) is 0 Å². The van der Waals surface area contributed by atoms with Gasteiger partial charge in [-0.3, -0.25) is 0 Å². The van der Waals surface area contributed by atoms with Crippen molar-refractivity contribution < 1.29 is 8.42 Å². The fraction of sp³-hybridized carbons (Fsp3) is 0.500. The molecule has 0 bridgehead atoms. The van der Waals surface area contributed by atoms with Gasteiger partial charge >= 0.3 is 0 Å². The van der Waals surface area contributed by atoms with Crippen LogP contribution in [-0.2, 0) is 9.84 Å². The van der Waals surface area contributed by atoms with Crippen LogP contribution in [0.1, 0.15) is 6.92 Å². The minimum absolute atomic E-state index is 0. The Hall–Kier alpha value is -0.330. The molecule has 0 atom stereocenters. The first-order valence-corrected chi connectivity index (χ1v) is 5.93. The van der Waals surface area contributed by atoms with Gasteiger partial charge in [-0.05, 0) is 0 Å². The van der Waals surface area contributed by atoms with E-state index in [0.717, 1.165) is 16.3 Å². The normalized spacial score (nSPS) is 10.6. The largest absolute Gasteiger partial charge is 0.379 e. The lowest BCUT2D eigenvalue weighted by molar-refractivity contribution is 0.596. The summed E-state index contributed by atoms with van der Waals surface area (Å²) in [5.41, 5.74) is 0. The highest BCUT2D eigenvalue weighted by Gasteiger charge is 2.15. The Bertz CT molecular complexity index is 360. The van der Waals surface area contributed by atoms with Gasteiger partial charge < -0.3 is 5.32 Å². The first-order chi connectivity index (χ1) is 5.60. The fourth-order valence-electron chi connectivity index (χ4n) is 0.641. The van der Waals surface area contributed by atoms with Gasteiger partial charge in [0, 0.05) is 7.05 Å². The molecular formula is C6H11ClN2O2S2. The van der Waals surface area contributed by atoms with Crippen LogP contribution in [0.15, 0.2) is 10.5 Å². The summed E-state index contributed by atoms with van der Waals surface area (Å²) in [7, 11) is -1.39. The van der Waals surface area contributed by atoms with Gasteiger partial charge in [0.1, 0.15) is 5.00 Å². The van der Waals surface area contributed by atoms with E-state index in [0.29, 0.717) is 0 Å². The Kier molecular flexibility index (Phi) is 4.66. The Morgan fingerprint density at radius 2 is 2.23 bits per heavy atom. The van der Waals surface area contributed by atoms with Crippen molar-refractivity contribution in [1.29, 1.82) is 0 Å². The topological polar surface area (TPSA) is 59.1 Å². The minimum Gasteiger partial charge on any atom is -0.379 e.